The second kappa shape index (κ2) is 5.63. The van der Waals surface area contributed by atoms with E-state index in [1.165, 1.54) is 25.0 Å². The first-order valence-corrected chi connectivity index (χ1v) is 7.37. The Kier molecular flexibility index (Phi) is 4.15. The zero-order valence-corrected chi connectivity index (χ0v) is 11.4. The minimum Gasteiger partial charge on any atom is -0.397 e. The van der Waals surface area contributed by atoms with Crippen molar-refractivity contribution in [3.63, 3.8) is 0 Å². The van der Waals surface area contributed by atoms with Gasteiger partial charge in [0, 0.05) is 11.3 Å². The van der Waals surface area contributed by atoms with Gasteiger partial charge in [-0.2, -0.15) is 11.8 Å². The van der Waals surface area contributed by atoms with E-state index in [1.54, 1.807) is 0 Å². The molecule has 0 aromatic carbocycles. The number of pyridine rings is 1. The third-order valence-electron chi connectivity index (χ3n) is 3.29. The molecule has 0 spiro atoms. The molecular formula is C13H21N3S. The first kappa shape index (κ1) is 12.6. The Balaban J connectivity index is 2.02. The summed E-state index contributed by atoms with van der Waals surface area (Å²) in [7, 11) is 0. The van der Waals surface area contributed by atoms with Gasteiger partial charge in [-0.1, -0.05) is 13.3 Å². The minimum atomic E-state index is 0.565. The number of nitrogens with two attached hydrogens (primary N) is 1. The van der Waals surface area contributed by atoms with Gasteiger partial charge in [-0.25, -0.2) is 4.98 Å². The summed E-state index contributed by atoms with van der Waals surface area (Å²) in [6, 6.07) is 4.48. The number of hydrogen-bond acceptors (Lipinski definition) is 4. The molecule has 2 unspecified atom stereocenters. The number of aryl methyl sites for hydroxylation is 1. The molecule has 1 aliphatic rings. The van der Waals surface area contributed by atoms with E-state index in [0.29, 0.717) is 6.04 Å². The van der Waals surface area contributed by atoms with Crippen LogP contribution in [0, 0.1) is 6.92 Å². The molecule has 1 saturated carbocycles. The van der Waals surface area contributed by atoms with Crippen LogP contribution in [0.5, 0.6) is 0 Å². The maximum atomic E-state index is 5.78. The number of thioether (sulfide) groups is 1. The van der Waals surface area contributed by atoms with Gasteiger partial charge < -0.3 is 11.1 Å². The van der Waals surface area contributed by atoms with E-state index in [0.717, 1.165) is 22.4 Å². The highest BCUT2D eigenvalue weighted by atomic mass is 32.2. The normalized spacial score (nSPS) is 23.9. The molecule has 17 heavy (non-hydrogen) atoms. The quantitative estimate of drug-likeness (QED) is 0.863. The number of nitrogens with zero attached hydrogens (tertiary/aromatic N) is 1. The predicted molar refractivity (Wildman–Crippen MR) is 76.6 cm³/mol. The van der Waals surface area contributed by atoms with Crippen LogP contribution < -0.4 is 11.1 Å². The molecule has 0 saturated heterocycles. The molecule has 3 nitrogen and oxygen atoms in total. The van der Waals surface area contributed by atoms with Gasteiger partial charge in [-0.05, 0) is 37.7 Å². The van der Waals surface area contributed by atoms with E-state index < -0.39 is 0 Å². The Hall–Kier alpha value is -0.900. The van der Waals surface area contributed by atoms with Crippen LogP contribution in [0.3, 0.4) is 0 Å². The first-order chi connectivity index (χ1) is 8.20. The molecular weight excluding hydrogens is 230 g/mol. The van der Waals surface area contributed by atoms with Gasteiger partial charge in [0.2, 0.25) is 0 Å². The monoisotopic (exact) mass is 251 g/mol. The van der Waals surface area contributed by atoms with E-state index in [-0.39, 0.29) is 0 Å². The third kappa shape index (κ3) is 3.06. The van der Waals surface area contributed by atoms with Crippen molar-refractivity contribution in [2.45, 2.75) is 44.4 Å². The summed E-state index contributed by atoms with van der Waals surface area (Å²) in [6.07, 6.45) is 3.90. The number of aromatic nitrogens is 1. The van der Waals surface area contributed by atoms with Crippen LogP contribution in [0.25, 0.3) is 0 Å². The lowest BCUT2D eigenvalue weighted by atomic mass is 10.2. The number of hydrogen-bond donors (Lipinski definition) is 2. The van der Waals surface area contributed by atoms with Gasteiger partial charge in [-0.3, -0.25) is 0 Å². The van der Waals surface area contributed by atoms with E-state index in [9.17, 15) is 0 Å². The predicted octanol–water partition coefficient (Wildman–Crippen LogP) is 3.06. The Morgan fingerprint density at radius 1 is 1.47 bits per heavy atom. The van der Waals surface area contributed by atoms with Crippen LogP contribution in [0.15, 0.2) is 12.1 Å². The van der Waals surface area contributed by atoms with Gasteiger partial charge in [0.1, 0.15) is 5.82 Å². The van der Waals surface area contributed by atoms with Crippen molar-refractivity contribution in [3.8, 4) is 0 Å². The molecule has 0 bridgehead atoms. The number of rotatable bonds is 4. The summed E-state index contributed by atoms with van der Waals surface area (Å²) in [5.74, 6) is 2.15. The lowest BCUT2D eigenvalue weighted by molar-refractivity contribution is 0.762. The van der Waals surface area contributed by atoms with E-state index in [1.807, 2.05) is 19.1 Å². The summed E-state index contributed by atoms with van der Waals surface area (Å²) in [6.45, 7) is 4.18. The highest BCUT2D eigenvalue weighted by Gasteiger charge is 2.27. The molecule has 1 fully saturated rings. The van der Waals surface area contributed by atoms with Crippen molar-refractivity contribution in [3.05, 3.63) is 17.8 Å². The lowest BCUT2D eigenvalue weighted by Crippen LogP contribution is -2.26. The average Bonchev–Trinajstić information content (AvgIpc) is 2.72. The fraction of sp³-hybridized carbons (Fsp3) is 0.615. The highest BCUT2D eigenvalue weighted by molar-refractivity contribution is 7.99. The molecule has 3 N–H and O–H groups in total. The summed E-state index contributed by atoms with van der Waals surface area (Å²) in [5, 5.41) is 4.29. The van der Waals surface area contributed by atoms with E-state index in [4.69, 9.17) is 5.73 Å². The summed E-state index contributed by atoms with van der Waals surface area (Å²) in [5.41, 5.74) is 7.45. The maximum absolute atomic E-state index is 5.78. The van der Waals surface area contributed by atoms with E-state index in [2.05, 4.69) is 29.0 Å². The first-order valence-electron chi connectivity index (χ1n) is 6.32. The molecule has 1 aromatic rings. The van der Waals surface area contributed by atoms with Crippen LogP contribution in [-0.4, -0.2) is 22.0 Å². The zero-order chi connectivity index (χ0) is 12.3. The van der Waals surface area contributed by atoms with Crippen molar-refractivity contribution in [2.24, 2.45) is 0 Å². The number of nitrogens with one attached hydrogen (secondary N) is 1. The van der Waals surface area contributed by atoms with Crippen LogP contribution >= 0.6 is 11.8 Å². The van der Waals surface area contributed by atoms with Gasteiger partial charge in [0.05, 0.1) is 11.4 Å². The van der Waals surface area contributed by atoms with Gasteiger partial charge in [0.15, 0.2) is 0 Å². The topological polar surface area (TPSA) is 50.9 Å². The van der Waals surface area contributed by atoms with Gasteiger partial charge >= 0.3 is 0 Å². The Labute approximate surface area is 108 Å². The number of anilines is 2. The molecule has 0 amide bonds. The maximum Gasteiger partial charge on any atom is 0.126 e. The third-order valence-corrected chi connectivity index (χ3v) is 4.62. The second-order valence-electron chi connectivity index (χ2n) is 4.55. The average molecular weight is 251 g/mol. The van der Waals surface area contributed by atoms with Crippen molar-refractivity contribution in [1.29, 1.82) is 0 Å². The summed E-state index contributed by atoms with van der Waals surface area (Å²) in [4.78, 5) is 4.49. The second-order valence-corrected chi connectivity index (χ2v) is 6.06. The van der Waals surface area contributed by atoms with Crippen LogP contribution in [0.2, 0.25) is 0 Å². The molecule has 1 heterocycles. The largest absolute Gasteiger partial charge is 0.397 e. The molecule has 0 aliphatic heterocycles. The molecule has 4 heteroatoms. The van der Waals surface area contributed by atoms with Crippen LogP contribution in [-0.2, 0) is 0 Å². The van der Waals surface area contributed by atoms with Gasteiger partial charge in [0.25, 0.3) is 0 Å². The molecule has 0 radical (unpaired) electrons. The molecule has 2 rings (SSSR count). The summed E-state index contributed by atoms with van der Waals surface area (Å²) >= 11 is 2.06. The SMILES string of the molecule is CCSC1CCCC1Nc1ccc(N)c(C)n1. The van der Waals surface area contributed by atoms with Crippen LogP contribution in [0.4, 0.5) is 11.5 Å². The Bertz CT molecular complexity index is 381. The van der Waals surface area contributed by atoms with Crippen molar-refractivity contribution >= 4 is 23.3 Å². The lowest BCUT2D eigenvalue weighted by Gasteiger charge is -2.21. The smallest absolute Gasteiger partial charge is 0.126 e. The zero-order valence-electron chi connectivity index (χ0n) is 10.6. The minimum absolute atomic E-state index is 0.565. The van der Waals surface area contributed by atoms with Crippen LogP contribution in [0.1, 0.15) is 31.9 Å². The van der Waals surface area contributed by atoms with Gasteiger partial charge in [-0.15, -0.1) is 0 Å². The van der Waals surface area contributed by atoms with Crippen molar-refractivity contribution in [2.75, 3.05) is 16.8 Å². The summed E-state index contributed by atoms with van der Waals surface area (Å²) < 4.78 is 0. The fourth-order valence-electron chi connectivity index (χ4n) is 2.35. The Morgan fingerprint density at radius 2 is 2.29 bits per heavy atom. The van der Waals surface area contributed by atoms with Crippen molar-refractivity contribution in [1.82, 2.24) is 4.98 Å². The highest BCUT2D eigenvalue weighted by Crippen LogP contribution is 2.31. The Morgan fingerprint density at radius 3 is 3.00 bits per heavy atom. The molecule has 1 aliphatic carbocycles. The van der Waals surface area contributed by atoms with Crippen molar-refractivity contribution < 1.29 is 0 Å². The number of nitrogen functional groups attached to an aromatic ring is 1. The molecule has 94 valence electrons. The molecule has 1 aromatic heterocycles. The van der Waals surface area contributed by atoms with E-state index >= 15 is 0 Å². The standard InChI is InChI=1S/C13H21N3S/c1-3-17-12-6-4-5-11(12)16-13-8-7-10(14)9(2)15-13/h7-8,11-12H,3-6,14H2,1-2H3,(H,15,16). The fourth-order valence-corrected chi connectivity index (χ4v) is 3.54. The molecule has 2 atom stereocenters.